The molecule has 4 nitrogen and oxygen atoms in total. The number of piperazine rings is 1. The number of carbonyl (C=O) groups excluding carboxylic acids is 1. The van der Waals surface area contributed by atoms with Gasteiger partial charge in [0, 0.05) is 55.0 Å². The Kier molecular flexibility index (Phi) is 6.63. The molecule has 2 aromatic carbocycles. The summed E-state index contributed by atoms with van der Waals surface area (Å²) in [5, 5.41) is 1.35. The summed E-state index contributed by atoms with van der Waals surface area (Å²) in [6.07, 6.45) is 2.02. The molecule has 1 atom stereocenters. The van der Waals surface area contributed by atoms with Gasteiger partial charge in [-0.3, -0.25) is 9.69 Å². The third kappa shape index (κ3) is 5.06. The lowest BCUT2D eigenvalue weighted by molar-refractivity contribution is -0.137. The number of piperidine rings is 1. The molecule has 1 unspecified atom stereocenters. The molecule has 0 N–H and O–H groups in total. The van der Waals surface area contributed by atoms with Crippen molar-refractivity contribution in [3.05, 3.63) is 64.1 Å². The van der Waals surface area contributed by atoms with Crippen LogP contribution in [0.5, 0.6) is 0 Å². The first-order valence-electron chi connectivity index (χ1n) is 10.4. The first kappa shape index (κ1) is 20.5. The number of hydrogen-bond acceptors (Lipinski definition) is 3. The molecule has 0 aliphatic carbocycles. The number of rotatable bonds is 4. The lowest BCUT2D eigenvalue weighted by Gasteiger charge is -2.39. The van der Waals surface area contributed by atoms with Crippen LogP contribution in [0.3, 0.4) is 0 Å². The molecule has 2 aromatic rings. The highest BCUT2D eigenvalue weighted by atomic mass is 35.5. The van der Waals surface area contributed by atoms with Crippen molar-refractivity contribution in [2.24, 2.45) is 5.92 Å². The topological polar surface area (TPSA) is 26.8 Å². The third-order valence-corrected chi connectivity index (χ3v) is 6.56. The predicted molar refractivity (Wildman–Crippen MR) is 120 cm³/mol. The number of halogens is 2. The molecule has 0 saturated carbocycles. The second-order valence-corrected chi connectivity index (χ2v) is 8.80. The van der Waals surface area contributed by atoms with Crippen LogP contribution in [-0.4, -0.2) is 55.0 Å². The molecule has 29 heavy (non-hydrogen) atoms. The van der Waals surface area contributed by atoms with Crippen LogP contribution in [0.15, 0.2) is 48.5 Å². The van der Waals surface area contributed by atoms with Gasteiger partial charge in [0.15, 0.2) is 0 Å². The molecule has 0 spiro atoms. The lowest BCUT2D eigenvalue weighted by atomic mass is 9.95. The fraction of sp³-hybridized carbons (Fsp3) is 0.435. The van der Waals surface area contributed by atoms with E-state index in [1.54, 1.807) is 6.07 Å². The van der Waals surface area contributed by atoms with Crippen molar-refractivity contribution in [3.8, 4) is 0 Å². The van der Waals surface area contributed by atoms with Crippen LogP contribution in [0.1, 0.15) is 18.4 Å². The van der Waals surface area contributed by atoms with E-state index in [9.17, 15) is 4.79 Å². The fourth-order valence-corrected chi connectivity index (χ4v) is 4.84. The van der Waals surface area contributed by atoms with E-state index in [0.29, 0.717) is 16.0 Å². The number of anilines is 1. The molecule has 2 aliphatic rings. The van der Waals surface area contributed by atoms with E-state index in [-0.39, 0.29) is 5.92 Å². The minimum absolute atomic E-state index is 0.0816. The van der Waals surface area contributed by atoms with Gasteiger partial charge < -0.3 is 9.80 Å². The summed E-state index contributed by atoms with van der Waals surface area (Å²) < 4.78 is 0. The number of para-hydroxylation sites is 1. The summed E-state index contributed by atoms with van der Waals surface area (Å²) in [6.45, 7) is 5.96. The molecule has 2 fully saturated rings. The average Bonchev–Trinajstić information content (AvgIpc) is 2.76. The first-order valence-corrected chi connectivity index (χ1v) is 11.1. The van der Waals surface area contributed by atoms with Crippen molar-refractivity contribution in [2.45, 2.75) is 19.4 Å². The molecule has 0 radical (unpaired) electrons. The van der Waals surface area contributed by atoms with Gasteiger partial charge in [-0.05, 0) is 49.2 Å². The second kappa shape index (κ2) is 9.38. The van der Waals surface area contributed by atoms with Crippen LogP contribution in [-0.2, 0) is 11.3 Å². The van der Waals surface area contributed by atoms with Gasteiger partial charge in [0.05, 0.1) is 5.92 Å². The SMILES string of the molecule is O=C(C1CCCN(Cc2ccc(Cl)cc2Cl)C1)N1CCN(c2ccccc2)CC1. The van der Waals surface area contributed by atoms with E-state index in [1.807, 2.05) is 18.2 Å². The van der Waals surface area contributed by atoms with Crippen molar-refractivity contribution in [2.75, 3.05) is 44.2 Å². The first-order chi connectivity index (χ1) is 14.1. The summed E-state index contributed by atoms with van der Waals surface area (Å²) in [5.41, 5.74) is 2.31. The number of amides is 1. The lowest BCUT2D eigenvalue weighted by Crippen LogP contribution is -2.52. The number of carbonyl (C=O) groups is 1. The summed E-state index contributed by atoms with van der Waals surface area (Å²) >= 11 is 12.4. The molecule has 6 heteroatoms. The zero-order chi connectivity index (χ0) is 20.2. The molecule has 2 aliphatic heterocycles. The molecule has 2 saturated heterocycles. The van der Waals surface area contributed by atoms with Crippen LogP contribution in [0.2, 0.25) is 10.0 Å². The molecular formula is C23H27Cl2N3O. The average molecular weight is 432 g/mol. The Morgan fingerprint density at radius 1 is 0.966 bits per heavy atom. The van der Waals surface area contributed by atoms with Crippen LogP contribution in [0, 0.1) is 5.92 Å². The summed E-state index contributed by atoms with van der Waals surface area (Å²) in [6, 6.07) is 16.1. The minimum Gasteiger partial charge on any atom is -0.368 e. The van der Waals surface area contributed by atoms with Gasteiger partial charge in [-0.1, -0.05) is 47.5 Å². The number of hydrogen-bond donors (Lipinski definition) is 0. The molecular weight excluding hydrogens is 405 g/mol. The normalized spacial score (nSPS) is 20.7. The highest BCUT2D eigenvalue weighted by Crippen LogP contribution is 2.26. The zero-order valence-corrected chi connectivity index (χ0v) is 18.1. The Morgan fingerprint density at radius 2 is 1.72 bits per heavy atom. The summed E-state index contributed by atoms with van der Waals surface area (Å²) in [4.78, 5) is 19.9. The molecule has 154 valence electrons. The Morgan fingerprint density at radius 3 is 2.45 bits per heavy atom. The maximum Gasteiger partial charge on any atom is 0.227 e. The molecule has 2 heterocycles. The van der Waals surface area contributed by atoms with E-state index in [4.69, 9.17) is 23.2 Å². The van der Waals surface area contributed by atoms with Crippen molar-refractivity contribution in [1.29, 1.82) is 0 Å². The second-order valence-electron chi connectivity index (χ2n) is 7.96. The Labute approximate surface area is 183 Å². The minimum atomic E-state index is 0.0816. The van der Waals surface area contributed by atoms with Crippen LogP contribution in [0.4, 0.5) is 5.69 Å². The summed E-state index contributed by atoms with van der Waals surface area (Å²) in [5.74, 6) is 0.391. The van der Waals surface area contributed by atoms with Crippen LogP contribution < -0.4 is 4.90 Å². The Bertz CT molecular complexity index is 837. The molecule has 0 aromatic heterocycles. The summed E-state index contributed by atoms with van der Waals surface area (Å²) in [7, 11) is 0. The number of likely N-dealkylation sites (tertiary alicyclic amines) is 1. The smallest absolute Gasteiger partial charge is 0.227 e. The van der Waals surface area contributed by atoms with Crippen molar-refractivity contribution >= 4 is 34.8 Å². The molecule has 4 rings (SSSR count). The van der Waals surface area contributed by atoms with Crippen molar-refractivity contribution < 1.29 is 4.79 Å². The molecule has 0 bridgehead atoms. The maximum atomic E-state index is 13.1. The maximum absolute atomic E-state index is 13.1. The molecule has 1 amide bonds. The van der Waals surface area contributed by atoms with E-state index >= 15 is 0 Å². The highest BCUT2D eigenvalue weighted by molar-refractivity contribution is 6.35. The predicted octanol–water partition coefficient (Wildman–Crippen LogP) is 4.55. The fourth-order valence-electron chi connectivity index (χ4n) is 4.37. The van der Waals surface area contributed by atoms with E-state index in [1.165, 1.54) is 5.69 Å². The van der Waals surface area contributed by atoms with Crippen LogP contribution >= 0.6 is 23.2 Å². The van der Waals surface area contributed by atoms with Gasteiger partial charge in [-0.25, -0.2) is 0 Å². The number of nitrogens with zero attached hydrogens (tertiary/aromatic N) is 3. The van der Waals surface area contributed by atoms with Gasteiger partial charge in [-0.2, -0.15) is 0 Å². The van der Waals surface area contributed by atoms with Crippen molar-refractivity contribution in [1.82, 2.24) is 9.80 Å². The third-order valence-electron chi connectivity index (χ3n) is 5.98. The van der Waals surface area contributed by atoms with Gasteiger partial charge in [0.1, 0.15) is 0 Å². The monoisotopic (exact) mass is 431 g/mol. The van der Waals surface area contributed by atoms with Crippen LogP contribution in [0.25, 0.3) is 0 Å². The van der Waals surface area contributed by atoms with E-state index < -0.39 is 0 Å². The standard InChI is InChI=1S/C23H27Cl2N3O/c24-20-9-8-18(22(25)15-20)16-26-10-4-5-19(17-26)23(29)28-13-11-27(12-14-28)21-6-2-1-3-7-21/h1-3,6-9,15,19H,4-5,10-14,16-17H2. The van der Waals surface area contributed by atoms with Gasteiger partial charge in [0.2, 0.25) is 5.91 Å². The van der Waals surface area contributed by atoms with E-state index in [0.717, 1.165) is 64.2 Å². The Hall–Kier alpha value is -1.75. The van der Waals surface area contributed by atoms with Crippen molar-refractivity contribution in [3.63, 3.8) is 0 Å². The quantitative estimate of drug-likeness (QED) is 0.709. The van der Waals surface area contributed by atoms with Gasteiger partial charge in [-0.15, -0.1) is 0 Å². The highest BCUT2D eigenvalue weighted by Gasteiger charge is 2.31. The van der Waals surface area contributed by atoms with Gasteiger partial charge in [0.25, 0.3) is 0 Å². The Balaban J connectivity index is 1.32. The largest absolute Gasteiger partial charge is 0.368 e. The zero-order valence-electron chi connectivity index (χ0n) is 16.6. The van der Waals surface area contributed by atoms with E-state index in [2.05, 4.69) is 39.0 Å². The number of benzene rings is 2. The van der Waals surface area contributed by atoms with Gasteiger partial charge >= 0.3 is 0 Å².